The zero-order chi connectivity index (χ0) is 10.7. The van der Waals surface area contributed by atoms with E-state index in [9.17, 15) is 0 Å². The minimum absolute atomic E-state index is 0.346. The fraction of sp³-hybridized carbons (Fsp3) is 0.700. The van der Waals surface area contributed by atoms with Crippen molar-refractivity contribution in [2.45, 2.75) is 30.6 Å². The Labute approximate surface area is 94.6 Å². The summed E-state index contributed by atoms with van der Waals surface area (Å²) in [7, 11) is 2.03. The summed E-state index contributed by atoms with van der Waals surface area (Å²) < 4.78 is 2.06. The molecule has 1 aromatic rings. The Balaban J connectivity index is 1.98. The van der Waals surface area contributed by atoms with Crippen molar-refractivity contribution >= 4 is 11.8 Å². The first-order valence-electron chi connectivity index (χ1n) is 5.35. The second-order valence-electron chi connectivity index (χ2n) is 3.98. The molecule has 0 aliphatic carbocycles. The summed E-state index contributed by atoms with van der Waals surface area (Å²) in [5.74, 6) is 7.99. The van der Waals surface area contributed by atoms with Gasteiger partial charge in [0.25, 0.3) is 0 Å². The number of hydrazine groups is 1. The predicted octanol–water partition coefficient (Wildman–Crippen LogP) is 0.690. The summed E-state index contributed by atoms with van der Waals surface area (Å²) in [6, 6.07) is 0.346. The number of hydrogen-bond acceptors (Lipinski definition) is 4. The largest absolute Gasteiger partial charge is 0.338 e. The third kappa shape index (κ3) is 2.53. The van der Waals surface area contributed by atoms with Gasteiger partial charge in [0.05, 0.1) is 0 Å². The number of thioether (sulfide) groups is 1. The summed E-state index contributed by atoms with van der Waals surface area (Å²) in [6.45, 7) is 0. The van der Waals surface area contributed by atoms with Gasteiger partial charge < -0.3 is 4.57 Å². The van der Waals surface area contributed by atoms with E-state index >= 15 is 0 Å². The molecule has 2 rings (SSSR count). The number of hydrogen-bond donors (Lipinski definition) is 2. The average Bonchev–Trinajstić information content (AvgIpc) is 2.86. The maximum absolute atomic E-state index is 5.62. The van der Waals surface area contributed by atoms with E-state index in [0.717, 1.165) is 12.2 Å². The molecular weight excluding hydrogens is 208 g/mol. The minimum atomic E-state index is 0.346. The predicted molar refractivity (Wildman–Crippen MR) is 63.5 cm³/mol. The molecule has 5 heteroatoms. The molecule has 0 saturated carbocycles. The van der Waals surface area contributed by atoms with Gasteiger partial charge in [-0.2, -0.15) is 11.8 Å². The van der Waals surface area contributed by atoms with Gasteiger partial charge in [0.1, 0.15) is 5.82 Å². The molecule has 1 saturated heterocycles. The topological polar surface area (TPSA) is 55.9 Å². The highest BCUT2D eigenvalue weighted by molar-refractivity contribution is 8.00. The van der Waals surface area contributed by atoms with Gasteiger partial charge in [-0.25, -0.2) is 4.98 Å². The van der Waals surface area contributed by atoms with Gasteiger partial charge in [-0.1, -0.05) is 0 Å². The molecule has 84 valence electrons. The molecule has 0 bridgehead atoms. The van der Waals surface area contributed by atoms with E-state index in [0.29, 0.717) is 11.3 Å². The monoisotopic (exact) mass is 226 g/mol. The van der Waals surface area contributed by atoms with Crippen molar-refractivity contribution in [3.05, 3.63) is 18.2 Å². The number of nitrogens with one attached hydrogen (secondary N) is 1. The van der Waals surface area contributed by atoms with E-state index in [2.05, 4.69) is 15.0 Å². The summed E-state index contributed by atoms with van der Waals surface area (Å²) in [5, 5.41) is 0.645. The van der Waals surface area contributed by atoms with E-state index in [4.69, 9.17) is 5.84 Å². The van der Waals surface area contributed by atoms with Crippen LogP contribution >= 0.6 is 11.8 Å². The standard InChI is InChI=1S/C10H18N4S/c1-14-5-4-12-10(14)7-8(13-11)9-3-2-6-15-9/h4-5,8-9,13H,2-3,6-7,11H2,1H3. The van der Waals surface area contributed by atoms with E-state index in [-0.39, 0.29) is 0 Å². The molecule has 2 atom stereocenters. The first-order chi connectivity index (χ1) is 7.31. The molecule has 3 N–H and O–H groups in total. The smallest absolute Gasteiger partial charge is 0.110 e. The van der Waals surface area contributed by atoms with E-state index < -0.39 is 0 Å². The van der Waals surface area contributed by atoms with Crippen LogP contribution in [0.3, 0.4) is 0 Å². The molecule has 0 spiro atoms. The number of aromatic nitrogens is 2. The van der Waals surface area contributed by atoms with Crippen LogP contribution in [-0.4, -0.2) is 26.6 Å². The molecule has 4 nitrogen and oxygen atoms in total. The summed E-state index contributed by atoms with van der Waals surface area (Å²) in [6.07, 6.45) is 7.31. The fourth-order valence-electron chi connectivity index (χ4n) is 2.01. The third-order valence-corrected chi connectivity index (χ3v) is 4.47. The lowest BCUT2D eigenvalue weighted by Gasteiger charge is -2.21. The maximum Gasteiger partial charge on any atom is 0.110 e. The summed E-state index contributed by atoms with van der Waals surface area (Å²) in [5.41, 5.74) is 2.94. The molecule has 15 heavy (non-hydrogen) atoms. The lowest BCUT2D eigenvalue weighted by molar-refractivity contribution is 0.481. The van der Waals surface area contributed by atoms with Crippen LogP contribution in [0.5, 0.6) is 0 Å². The normalized spacial score (nSPS) is 23.2. The third-order valence-electron chi connectivity index (χ3n) is 2.95. The van der Waals surface area contributed by atoms with Crippen LogP contribution in [0.4, 0.5) is 0 Å². The fourth-order valence-corrected chi connectivity index (χ4v) is 3.38. The first kappa shape index (κ1) is 11.0. The van der Waals surface area contributed by atoms with Crippen LogP contribution < -0.4 is 11.3 Å². The molecular formula is C10H18N4S. The molecule has 0 radical (unpaired) electrons. The molecule has 1 fully saturated rings. The molecule has 1 aromatic heterocycles. The molecule has 1 aliphatic heterocycles. The van der Waals surface area contributed by atoms with Crippen LogP contribution in [0, 0.1) is 0 Å². The Kier molecular flexibility index (Phi) is 3.66. The van der Waals surface area contributed by atoms with Crippen LogP contribution in [0.15, 0.2) is 12.4 Å². The Bertz CT molecular complexity index is 306. The van der Waals surface area contributed by atoms with E-state index in [1.54, 1.807) is 0 Å². The van der Waals surface area contributed by atoms with Gasteiger partial charge in [-0.15, -0.1) is 0 Å². The molecule has 2 unspecified atom stereocenters. The minimum Gasteiger partial charge on any atom is -0.338 e. The second-order valence-corrected chi connectivity index (χ2v) is 5.33. The van der Waals surface area contributed by atoms with Crippen LogP contribution in [-0.2, 0) is 13.5 Å². The van der Waals surface area contributed by atoms with Crippen molar-refractivity contribution in [2.75, 3.05) is 5.75 Å². The Morgan fingerprint density at radius 3 is 3.20 bits per heavy atom. The quantitative estimate of drug-likeness (QED) is 0.586. The Morgan fingerprint density at radius 2 is 2.67 bits per heavy atom. The van der Waals surface area contributed by atoms with E-state index in [1.165, 1.54) is 18.6 Å². The van der Waals surface area contributed by atoms with Crippen LogP contribution in [0.1, 0.15) is 18.7 Å². The van der Waals surface area contributed by atoms with Gasteiger partial charge in [0.15, 0.2) is 0 Å². The average molecular weight is 226 g/mol. The van der Waals surface area contributed by atoms with Gasteiger partial charge in [-0.3, -0.25) is 11.3 Å². The zero-order valence-electron chi connectivity index (χ0n) is 9.02. The maximum atomic E-state index is 5.62. The highest BCUT2D eigenvalue weighted by Crippen LogP contribution is 2.29. The lowest BCUT2D eigenvalue weighted by atomic mass is 10.1. The Hall–Kier alpha value is -0.520. The van der Waals surface area contributed by atoms with Gasteiger partial charge >= 0.3 is 0 Å². The highest BCUT2D eigenvalue weighted by atomic mass is 32.2. The molecule has 0 amide bonds. The molecule has 1 aliphatic rings. The van der Waals surface area contributed by atoms with Crippen molar-refractivity contribution in [1.82, 2.24) is 15.0 Å². The number of nitrogens with two attached hydrogens (primary N) is 1. The molecule has 2 heterocycles. The molecule has 0 aromatic carbocycles. The number of rotatable bonds is 4. The van der Waals surface area contributed by atoms with Crippen LogP contribution in [0.25, 0.3) is 0 Å². The zero-order valence-corrected chi connectivity index (χ0v) is 9.83. The van der Waals surface area contributed by atoms with Crippen molar-refractivity contribution in [2.24, 2.45) is 12.9 Å². The van der Waals surface area contributed by atoms with Crippen LogP contribution in [0.2, 0.25) is 0 Å². The van der Waals surface area contributed by atoms with Crippen molar-refractivity contribution < 1.29 is 0 Å². The van der Waals surface area contributed by atoms with Gasteiger partial charge in [0.2, 0.25) is 0 Å². The number of nitrogens with zero attached hydrogens (tertiary/aromatic N) is 2. The number of aryl methyl sites for hydroxylation is 1. The van der Waals surface area contributed by atoms with Gasteiger partial charge in [-0.05, 0) is 18.6 Å². The SMILES string of the molecule is Cn1ccnc1CC(NN)C1CCCS1. The second kappa shape index (κ2) is 5.01. The van der Waals surface area contributed by atoms with Gasteiger partial charge in [0, 0.05) is 37.2 Å². The van der Waals surface area contributed by atoms with Crippen molar-refractivity contribution in [3.63, 3.8) is 0 Å². The number of imidazole rings is 1. The lowest BCUT2D eigenvalue weighted by Crippen LogP contribution is -2.43. The first-order valence-corrected chi connectivity index (χ1v) is 6.40. The Morgan fingerprint density at radius 1 is 1.80 bits per heavy atom. The highest BCUT2D eigenvalue weighted by Gasteiger charge is 2.25. The van der Waals surface area contributed by atoms with Crippen molar-refractivity contribution in [3.8, 4) is 0 Å². The summed E-state index contributed by atoms with van der Waals surface area (Å²) in [4.78, 5) is 4.33. The van der Waals surface area contributed by atoms with Crippen molar-refractivity contribution in [1.29, 1.82) is 0 Å². The summed E-state index contributed by atoms with van der Waals surface area (Å²) >= 11 is 2.02. The van der Waals surface area contributed by atoms with E-state index in [1.807, 2.05) is 31.2 Å².